The third kappa shape index (κ3) is 4.75. The van der Waals surface area contributed by atoms with E-state index in [9.17, 15) is 4.79 Å². The molecule has 1 fully saturated rings. The van der Waals surface area contributed by atoms with Crippen LogP contribution in [-0.4, -0.2) is 41.6 Å². The number of aryl methyl sites for hydroxylation is 2. The third-order valence-electron chi connectivity index (χ3n) is 6.19. The Labute approximate surface area is 163 Å². The standard InChI is InChI=1S/C23H31N3O/c1-4-26(17-22(27)25-23-18(2)8-5-9-19(23)3)14-7-11-20(12-15-26)21-10-6-13-24-16-21/h5-6,8-10,13,16,20H,4,7,11-12,14-15,17H2,1-3H3/p+1. The van der Waals surface area contributed by atoms with Gasteiger partial charge in [0.2, 0.25) is 0 Å². The summed E-state index contributed by atoms with van der Waals surface area (Å²) >= 11 is 0. The van der Waals surface area contributed by atoms with Crippen LogP contribution < -0.4 is 5.32 Å². The van der Waals surface area contributed by atoms with E-state index < -0.39 is 0 Å². The molecule has 4 heteroatoms. The van der Waals surface area contributed by atoms with Gasteiger partial charge in [0.25, 0.3) is 5.91 Å². The molecule has 2 heterocycles. The Morgan fingerprint density at radius 1 is 1.15 bits per heavy atom. The lowest BCUT2D eigenvalue weighted by molar-refractivity contribution is -0.918. The molecule has 2 unspecified atom stereocenters. The second kappa shape index (κ2) is 8.66. The predicted molar refractivity (Wildman–Crippen MR) is 111 cm³/mol. The summed E-state index contributed by atoms with van der Waals surface area (Å²) in [5.41, 5.74) is 4.56. The maximum atomic E-state index is 12.9. The molecule has 0 radical (unpaired) electrons. The monoisotopic (exact) mass is 366 g/mol. The van der Waals surface area contributed by atoms with Crippen LogP contribution in [0, 0.1) is 13.8 Å². The van der Waals surface area contributed by atoms with Crippen molar-refractivity contribution < 1.29 is 9.28 Å². The van der Waals surface area contributed by atoms with Gasteiger partial charge in [0.15, 0.2) is 6.54 Å². The first-order chi connectivity index (χ1) is 13.0. The van der Waals surface area contributed by atoms with Crippen molar-refractivity contribution in [3.8, 4) is 0 Å². The van der Waals surface area contributed by atoms with Crippen LogP contribution in [0.25, 0.3) is 0 Å². The quantitative estimate of drug-likeness (QED) is 0.795. The molecule has 0 bridgehead atoms. The Balaban J connectivity index is 1.67. The van der Waals surface area contributed by atoms with Crippen LogP contribution in [0.15, 0.2) is 42.7 Å². The minimum atomic E-state index is 0.133. The highest BCUT2D eigenvalue weighted by atomic mass is 16.2. The Hall–Kier alpha value is -2.20. The predicted octanol–water partition coefficient (Wildman–Crippen LogP) is 4.44. The molecule has 1 aliphatic rings. The van der Waals surface area contributed by atoms with Crippen molar-refractivity contribution in [2.24, 2.45) is 0 Å². The number of hydrogen-bond donors (Lipinski definition) is 1. The molecule has 0 spiro atoms. The molecular weight excluding hydrogens is 334 g/mol. The van der Waals surface area contributed by atoms with Crippen LogP contribution in [0.5, 0.6) is 0 Å². The van der Waals surface area contributed by atoms with Gasteiger partial charge in [-0.05, 0) is 62.3 Å². The minimum Gasteiger partial charge on any atom is -0.321 e. The largest absolute Gasteiger partial charge is 0.321 e. The molecule has 1 aromatic carbocycles. The van der Waals surface area contributed by atoms with Crippen LogP contribution in [0.4, 0.5) is 5.69 Å². The molecule has 3 rings (SSSR count). The van der Waals surface area contributed by atoms with Crippen LogP contribution in [0.3, 0.4) is 0 Å². The number of quaternary nitrogens is 1. The van der Waals surface area contributed by atoms with Crippen molar-refractivity contribution in [2.75, 3.05) is 31.5 Å². The number of carbonyl (C=O) groups excluding carboxylic acids is 1. The van der Waals surface area contributed by atoms with Crippen LogP contribution in [-0.2, 0) is 4.79 Å². The molecule has 1 saturated heterocycles. The minimum absolute atomic E-state index is 0.133. The Morgan fingerprint density at radius 3 is 2.59 bits per heavy atom. The number of rotatable bonds is 5. The summed E-state index contributed by atoms with van der Waals surface area (Å²) in [5, 5.41) is 3.18. The van der Waals surface area contributed by atoms with E-state index in [0.717, 1.165) is 53.8 Å². The summed E-state index contributed by atoms with van der Waals surface area (Å²) in [5.74, 6) is 0.695. The van der Waals surface area contributed by atoms with Gasteiger partial charge in [0, 0.05) is 24.5 Å². The second-order valence-electron chi connectivity index (χ2n) is 7.99. The number of para-hydroxylation sites is 1. The summed E-state index contributed by atoms with van der Waals surface area (Å²) in [6, 6.07) is 10.4. The van der Waals surface area contributed by atoms with Crippen molar-refractivity contribution in [3.05, 3.63) is 59.4 Å². The van der Waals surface area contributed by atoms with E-state index in [1.54, 1.807) is 0 Å². The van der Waals surface area contributed by atoms with E-state index in [1.807, 2.05) is 24.5 Å². The maximum Gasteiger partial charge on any atom is 0.279 e. The van der Waals surface area contributed by atoms with E-state index in [2.05, 4.69) is 49.3 Å². The molecule has 4 nitrogen and oxygen atoms in total. The third-order valence-corrected chi connectivity index (χ3v) is 6.19. The summed E-state index contributed by atoms with van der Waals surface area (Å²) in [7, 11) is 0. The average molecular weight is 367 g/mol. The first-order valence-electron chi connectivity index (χ1n) is 10.1. The van der Waals surface area contributed by atoms with Gasteiger partial charge in [-0.1, -0.05) is 24.3 Å². The van der Waals surface area contributed by atoms with Crippen LogP contribution >= 0.6 is 0 Å². The zero-order valence-electron chi connectivity index (χ0n) is 16.9. The summed E-state index contributed by atoms with van der Waals surface area (Å²) < 4.78 is 0.882. The number of carbonyl (C=O) groups is 1. The number of benzene rings is 1. The van der Waals surface area contributed by atoms with Gasteiger partial charge in [-0.25, -0.2) is 0 Å². The molecular formula is C23H32N3O+. The van der Waals surface area contributed by atoms with Crippen molar-refractivity contribution in [1.82, 2.24) is 4.98 Å². The SMILES string of the molecule is CC[N+]1(CC(=O)Nc2c(C)cccc2C)CCCC(c2cccnc2)CC1. The number of likely N-dealkylation sites (N-methyl/N-ethyl adjacent to an activating group) is 1. The van der Waals surface area contributed by atoms with Gasteiger partial charge >= 0.3 is 0 Å². The molecule has 27 heavy (non-hydrogen) atoms. The molecule has 1 aromatic heterocycles. The van der Waals surface area contributed by atoms with Gasteiger partial charge in [0.1, 0.15) is 0 Å². The molecule has 0 saturated carbocycles. The second-order valence-corrected chi connectivity index (χ2v) is 7.99. The van der Waals surface area contributed by atoms with Crippen LogP contribution in [0.2, 0.25) is 0 Å². The first kappa shape index (κ1) is 19.6. The van der Waals surface area contributed by atoms with Crippen molar-refractivity contribution >= 4 is 11.6 Å². The topological polar surface area (TPSA) is 42.0 Å². The highest BCUT2D eigenvalue weighted by Crippen LogP contribution is 2.30. The lowest BCUT2D eigenvalue weighted by atomic mass is 9.93. The van der Waals surface area contributed by atoms with Gasteiger partial charge in [-0.15, -0.1) is 0 Å². The van der Waals surface area contributed by atoms with E-state index in [1.165, 1.54) is 12.0 Å². The maximum absolute atomic E-state index is 12.9. The number of pyridine rings is 1. The normalized spacial score (nSPS) is 22.9. The molecule has 144 valence electrons. The smallest absolute Gasteiger partial charge is 0.279 e. The molecule has 0 aliphatic carbocycles. The Kier molecular flexibility index (Phi) is 6.27. The first-order valence-corrected chi connectivity index (χ1v) is 10.1. The lowest BCUT2D eigenvalue weighted by Crippen LogP contribution is -2.52. The lowest BCUT2D eigenvalue weighted by Gasteiger charge is -2.36. The molecule has 1 aliphatic heterocycles. The van der Waals surface area contributed by atoms with Gasteiger partial charge in [-0.2, -0.15) is 0 Å². The summed E-state index contributed by atoms with van der Waals surface area (Å²) in [4.78, 5) is 17.2. The van der Waals surface area contributed by atoms with Crippen LogP contribution in [0.1, 0.15) is 48.8 Å². The summed E-state index contributed by atoms with van der Waals surface area (Å²) in [6.45, 7) is 10.0. The van der Waals surface area contributed by atoms with Gasteiger partial charge in [-0.3, -0.25) is 9.78 Å². The zero-order chi connectivity index (χ0) is 19.3. The molecule has 1 amide bonds. The van der Waals surface area contributed by atoms with E-state index in [4.69, 9.17) is 0 Å². The fourth-order valence-corrected chi connectivity index (χ4v) is 4.39. The number of nitrogens with one attached hydrogen (secondary N) is 1. The Morgan fingerprint density at radius 2 is 1.93 bits per heavy atom. The number of aromatic nitrogens is 1. The highest BCUT2D eigenvalue weighted by Gasteiger charge is 2.33. The number of hydrogen-bond acceptors (Lipinski definition) is 2. The van der Waals surface area contributed by atoms with Gasteiger partial charge in [0.05, 0.1) is 19.6 Å². The zero-order valence-corrected chi connectivity index (χ0v) is 16.9. The van der Waals surface area contributed by atoms with E-state index in [0.29, 0.717) is 12.5 Å². The Bertz CT molecular complexity index is 754. The van der Waals surface area contributed by atoms with E-state index >= 15 is 0 Å². The molecule has 1 N–H and O–H groups in total. The van der Waals surface area contributed by atoms with Crippen molar-refractivity contribution in [3.63, 3.8) is 0 Å². The highest BCUT2D eigenvalue weighted by molar-refractivity contribution is 5.93. The van der Waals surface area contributed by atoms with E-state index in [-0.39, 0.29) is 5.91 Å². The average Bonchev–Trinajstić information content (AvgIpc) is 2.89. The van der Waals surface area contributed by atoms with Crippen molar-refractivity contribution in [1.29, 1.82) is 0 Å². The molecule has 2 aromatic rings. The fourth-order valence-electron chi connectivity index (χ4n) is 4.39. The number of likely N-dealkylation sites (tertiary alicyclic amines) is 1. The number of anilines is 1. The number of nitrogens with zero attached hydrogens (tertiary/aromatic N) is 2. The molecule has 2 atom stereocenters. The van der Waals surface area contributed by atoms with Gasteiger partial charge < -0.3 is 9.80 Å². The number of amides is 1. The summed E-state index contributed by atoms with van der Waals surface area (Å²) in [6.07, 6.45) is 7.30. The van der Waals surface area contributed by atoms with Crippen molar-refractivity contribution in [2.45, 2.75) is 46.0 Å². The fraction of sp³-hybridized carbons (Fsp3) is 0.478.